The summed E-state index contributed by atoms with van der Waals surface area (Å²) < 4.78 is 0. The first-order valence-electron chi connectivity index (χ1n) is 6.29. The molecule has 0 saturated heterocycles. The quantitative estimate of drug-likeness (QED) is 0.657. The second-order valence-electron chi connectivity index (χ2n) is 5.90. The largest absolute Gasteiger partial charge is 0.432 e. The summed E-state index contributed by atoms with van der Waals surface area (Å²) >= 11 is 0. The van der Waals surface area contributed by atoms with Crippen molar-refractivity contribution in [2.24, 2.45) is 5.92 Å². The zero-order valence-electron chi connectivity index (χ0n) is 9.68. The molecule has 0 unspecified atom stereocenters. The molecule has 1 N–H and O–H groups in total. The minimum Gasteiger partial charge on any atom is -0.432 e. The second-order valence-corrected chi connectivity index (χ2v) is 10.0. The van der Waals surface area contributed by atoms with Gasteiger partial charge >= 0.3 is 0 Å². The van der Waals surface area contributed by atoms with Crippen molar-refractivity contribution in [3.05, 3.63) is 0 Å². The lowest BCUT2D eigenvalue weighted by Crippen LogP contribution is -2.50. The Morgan fingerprint density at radius 3 is 1.86 bits per heavy atom. The molecule has 14 heavy (non-hydrogen) atoms. The van der Waals surface area contributed by atoms with Crippen LogP contribution in [0.1, 0.15) is 51.4 Å². The Morgan fingerprint density at radius 2 is 1.50 bits per heavy atom. The summed E-state index contributed by atoms with van der Waals surface area (Å²) in [6.07, 6.45) is 11.0. The van der Waals surface area contributed by atoms with Gasteiger partial charge < -0.3 is 4.80 Å². The zero-order valence-corrected chi connectivity index (χ0v) is 10.7. The van der Waals surface area contributed by atoms with Gasteiger partial charge in [0.15, 0.2) is 8.32 Å². The highest BCUT2D eigenvalue weighted by Gasteiger charge is 2.52. The molecule has 2 heteroatoms. The Hall–Kier alpha value is 0.177. The highest BCUT2D eigenvalue weighted by atomic mass is 28.4. The number of rotatable bonds is 1. The second kappa shape index (κ2) is 3.64. The van der Waals surface area contributed by atoms with Crippen molar-refractivity contribution in [2.45, 2.75) is 69.5 Å². The third kappa shape index (κ3) is 1.56. The van der Waals surface area contributed by atoms with Gasteiger partial charge in [-0.2, -0.15) is 0 Å². The van der Waals surface area contributed by atoms with Gasteiger partial charge in [-0.05, 0) is 36.9 Å². The van der Waals surface area contributed by atoms with Crippen molar-refractivity contribution < 1.29 is 4.80 Å². The van der Waals surface area contributed by atoms with Gasteiger partial charge in [0.1, 0.15) is 0 Å². The molecule has 2 aliphatic rings. The molecular weight excluding hydrogens is 188 g/mol. The maximum Gasteiger partial charge on any atom is 0.188 e. The van der Waals surface area contributed by atoms with Crippen molar-refractivity contribution in [1.29, 1.82) is 0 Å². The summed E-state index contributed by atoms with van der Waals surface area (Å²) in [4.78, 5) is 10.6. The van der Waals surface area contributed by atoms with Crippen LogP contribution in [0.15, 0.2) is 0 Å². The summed E-state index contributed by atoms with van der Waals surface area (Å²) in [6, 6.07) is 0. The van der Waals surface area contributed by atoms with E-state index in [1.165, 1.54) is 51.4 Å². The normalized spacial score (nSPS) is 39.2. The zero-order chi connectivity index (χ0) is 10.2. The van der Waals surface area contributed by atoms with Crippen LogP contribution in [0.5, 0.6) is 0 Å². The van der Waals surface area contributed by atoms with E-state index in [0.29, 0.717) is 5.04 Å². The van der Waals surface area contributed by atoms with Gasteiger partial charge in [-0.15, -0.1) is 0 Å². The highest BCUT2D eigenvalue weighted by Crippen LogP contribution is 2.60. The molecule has 0 aromatic heterocycles. The maximum atomic E-state index is 10.6. The first-order valence-corrected chi connectivity index (χ1v) is 9.23. The third-order valence-corrected chi connectivity index (χ3v) is 8.20. The number of fused-ring (bicyclic) bond motifs is 1. The van der Waals surface area contributed by atoms with E-state index in [-0.39, 0.29) is 0 Å². The van der Waals surface area contributed by atoms with Crippen molar-refractivity contribution in [2.75, 3.05) is 0 Å². The van der Waals surface area contributed by atoms with Crippen LogP contribution in [0.3, 0.4) is 0 Å². The average Bonchev–Trinajstić information content (AvgIpc) is 2.16. The molecule has 2 fully saturated rings. The molecule has 0 aliphatic heterocycles. The van der Waals surface area contributed by atoms with Crippen LogP contribution in [0.4, 0.5) is 0 Å². The molecule has 0 aromatic carbocycles. The lowest BCUT2D eigenvalue weighted by molar-refractivity contribution is 0.161. The molecular formula is C12H24OSi. The summed E-state index contributed by atoms with van der Waals surface area (Å²) in [7, 11) is -1.94. The predicted molar refractivity (Wildman–Crippen MR) is 62.8 cm³/mol. The summed E-state index contributed by atoms with van der Waals surface area (Å²) in [5.41, 5.74) is 0. The Balaban J connectivity index is 2.25. The van der Waals surface area contributed by atoms with Crippen molar-refractivity contribution in [3.8, 4) is 0 Å². The SMILES string of the molecule is C[Si](C)(O)C12CCCCC1CCCC2. The van der Waals surface area contributed by atoms with E-state index in [9.17, 15) is 4.80 Å². The third-order valence-electron chi connectivity index (χ3n) is 4.85. The maximum absolute atomic E-state index is 10.6. The fraction of sp³-hybridized carbons (Fsp3) is 1.00. The van der Waals surface area contributed by atoms with Crippen molar-refractivity contribution in [1.82, 2.24) is 0 Å². The lowest BCUT2D eigenvalue weighted by Gasteiger charge is -2.53. The van der Waals surface area contributed by atoms with Gasteiger partial charge in [0.2, 0.25) is 0 Å². The molecule has 2 saturated carbocycles. The van der Waals surface area contributed by atoms with Crippen LogP contribution in [0.2, 0.25) is 18.1 Å². The van der Waals surface area contributed by atoms with Crippen LogP contribution < -0.4 is 0 Å². The molecule has 82 valence electrons. The van der Waals surface area contributed by atoms with Crippen LogP contribution in [0, 0.1) is 5.92 Å². The van der Waals surface area contributed by atoms with Gasteiger partial charge in [0, 0.05) is 0 Å². The Bertz CT molecular complexity index is 195. The van der Waals surface area contributed by atoms with E-state index in [0.717, 1.165) is 5.92 Å². The van der Waals surface area contributed by atoms with E-state index in [1.54, 1.807) is 0 Å². The molecule has 0 radical (unpaired) electrons. The Morgan fingerprint density at radius 1 is 1.00 bits per heavy atom. The Kier molecular flexibility index (Phi) is 2.78. The van der Waals surface area contributed by atoms with Gasteiger partial charge in [0.05, 0.1) is 0 Å². The monoisotopic (exact) mass is 212 g/mol. The summed E-state index contributed by atoms with van der Waals surface area (Å²) in [6.45, 7) is 4.35. The minimum atomic E-state index is -1.94. The molecule has 2 rings (SSSR count). The van der Waals surface area contributed by atoms with E-state index in [2.05, 4.69) is 13.1 Å². The first kappa shape index (κ1) is 10.7. The molecule has 2 aliphatic carbocycles. The van der Waals surface area contributed by atoms with Crippen LogP contribution >= 0.6 is 0 Å². The van der Waals surface area contributed by atoms with Crippen LogP contribution in [0.25, 0.3) is 0 Å². The van der Waals surface area contributed by atoms with E-state index < -0.39 is 8.32 Å². The number of hydrogen-bond acceptors (Lipinski definition) is 1. The fourth-order valence-corrected chi connectivity index (χ4v) is 6.87. The molecule has 0 amide bonds. The molecule has 0 bridgehead atoms. The van der Waals surface area contributed by atoms with Crippen molar-refractivity contribution >= 4 is 8.32 Å². The topological polar surface area (TPSA) is 20.2 Å². The van der Waals surface area contributed by atoms with Crippen LogP contribution in [-0.2, 0) is 0 Å². The lowest BCUT2D eigenvalue weighted by atomic mass is 9.70. The molecule has 0 aromatic rings. The molecule has 1 nitrogen and oxygen atoms in total. The average molecular weight is 212 g/mol. The van der Waals surface area contributed by atoms with Gasteiger partial charge in [-0.3, -0.25) is 0 Å². The van der Waals surface area contributed by atoms with Crippen molar-refractivity contribution in [3.63, 3.8) is 0 Å². The molecule has 0 atom stereocenters. The minimum absolute atomic E-state index is 0.406. The molecule has 0 heterocycles. The van der Waals surface area contributed by atoms with Crippen LogP contribution in [-0.4, -0.2) is 13.1 Å². The molecule has 0 spiro atoms. The van der Waals surface area contributed by atoms with Gasteiger partial charge in [-0.1, -0.05) is 38.5 Å². The first-order chi connectivity index (χ1) is 6.56. The van der Waals surface area contributed by atoms with E-state index in [1.807, 2.05) is 0 Å². The van der Waals surface area contributed by atoms with E-state index >= 15 is 0 Å². The Labute approximate surface area is 89.0 Å². The smallest absolute Gasteiger partial charge is 0.188 e. The fourth-order valence-electron chi connectivity index (χ4n) is 4.00. The summed E-state index contributed by atoms with van der Waals surface area (Å²) in [5.74, 6) is 0.872. The van der Waals surface area contributed by atoms with E-state index in [4.69, 9.17) is 0 Å². The summed E-state index contributed by atoms with van der Waals surface area (Å²) in [5, 5.41) is 0.406. The van der Waals surface area contributed by atoms with Gasteiger partial charge in [-0.25, -0.2) is 0 Å². The predicted octanol–water partition coefficient (Wildman–Crippen LogP) is 3.69. The standard InChI is InChI=1S/C12H24OSi/c1-14(2,13)12-9-5-3-7-11(12)8-4-6-10-12/h11,13H,3-10H2,1-2H3. The highest BCUT2D eigenvalue weighted by molar-refractivity contribution is 6.73. The number of hydrogen-bond donors (Lipinski definition) is 1. The van der Waals surface area contributed by atoms with Gasteiger partial charge in [0.25, 0.3) is 0 Å².